The van der Waals surface area contributed by atoms with E-state index in [2.05, 4.69) is 60.0 Å². The van der Waals surface area contributed by atoms with E-state index in [0.29, 0.717) is 5.69 Å². The van der Waals surface area contributed by atoms with E-state index >= 15 is 0 Å². The predicted molar refractivity (Wildman–Crippen MR) is 88.7 cm³/mol. The van der Waals surface area contributed by atoms with Gasteiger partial charge in [0.1, 0.15) is 11.8 Å². The van der Waals surface area contributed by atoms with Crippen molar-refractivity contribution in [3.8, 4) is 6.07 Å². The number of aromatic nitrogens is 1. The molecule has 1 aromatic heterocycles. The number of aryl methyl sites for hydroxylation is 1. The average Bonchev–Trinajstić information content (AvgIpc) is 2.92. The van der Waals surface area contributed by atoms with Crippen molar-refractivity contribution in [2.24, 2.45) is 0 Å². The largest absolute Gasteiger partial charge is 0.332 e. The van der Waals surface area contributed by atoms with Crippen molar-refractivity contribution in [2.45, 2.75) is 19.9 Å². The first kappa shape index (κ1) is 14.2. The highest BCUT2D eigenvalue weighted by Gasteiger charge is 2.09. The van der Waals surface area contributed by atoms with Crippen LogP contribution in [0.5, 0.6) is 0 Å². The lowest BCUT2D eigenvalue weighted by Gasteiger charge is -2.11. The highest BCUT2D eigenvalue weighted by molar-refractivity contribution is 5.33. The van der Waals surface area contributed by atoms with E-state index in [4.69, 9.17) is 0 Å². The minimum atomic E-state index is 0.714. The summed E-state index contributed by atoms with van der Waals surface area (Å²) in [6.07, 6.45) is 0.842. The molecule has 0 aliphatic carbocycles. The molecule has 0 bridgehead atoms. The highest BCUT2D eigenvalue weighted by atomic mass is 15.0. The molecule has 108 valence electrons. The molecule has 0 atom stereocenters. The van der Waals surface area contributed by atoms with Crippen LogP contribution in [-0.2, 0) is 13.0 Å². The zero-order valence-corrected chi connectivity index (χ0v) is 12.7. The fourth-order valence-corrected chi connectivity index (χ4v) is 2.63. The fraction of sp³-hybridized carbons (Fsp3) is 0.150. The SMILES string of the molecule is Cc1ccc(Cc2ccc(C#N)n2Cc2ccccc2)cc1. The van der Waals surface area contributed by atoms with Gasteiger partial charge in [0.25, 0.3) is 0 Å². The molecule has 0 fully saturated rings. The molecule has 0 unspecified atom stereocenters. The maximum absolute atomic E-state index is 9.34. The Morgan fingerprint density at radius 2 is 1.59 bits per heavy atom. The van der Waals surface area contributed by atoms with Gasteiger partial charge in [-0.05, 0) is 30.2 Å². The molecule has 0 saturated heterocycles. The van der Waals surface area contributed by atoms with E-state index in [1.54, 1.807) is 0 Å². The molecule has 1 heterocycles. The van der Waals surface area contributed by atoms with Gasteiger partial charge in [-0.2, -0.15) is 5.26 Å². The molecule has 0 aliphatic rings. The van der Waals surface area contributed by atoms with Crippen molar-refractivity contribution in [3.63, 3.8) is 0 Å². The van der Waals surface area contributed by atoms with Crippen molar-refractivity contribution >= 4 is 0 Å². The molecule has 0 N–H and O–H groups in total. The normalized spacial score (nSPS) is 10.4. The zero-order chi connectivity index (χ0) is 15.4. The van der Waals surface area contributed by atoms with Gasteiger partial charge in [-0.15, -0.1) is 0 Å². The molecule has 3 rings (SSSR count). The topological polar surface area (TPSA) is 28.7 Å². The van der Waals surface area contributed by atoms with Gasteiger partial charge in [0, 0.05) is 18.7 Å². The Morgan fingerprint density at radius 3 is 2.27 bits per heavy atom. The van der Waals surface area contributed by atoms with Gasteiger partial charge in [0.2, 0.25) is 0 Å². The third-order valence-corrected chi connectivity index (χ3v) is 3.87. The van der Waals surface area contributed by atoms with Crippen molar-refractivity contribution < 1.29 is 0 Å². The van der Waals surface area contributed by atoms with Crippen molar-refractivity contribution in [2.75, 3.05) is 0 Å². The van der Waals surface area contributed by atoms with Crippen LogP contribution in [0.25, 0.3) is 0 Å². The highest BCUT2D eigenvalue weighted by Crippen LogP contribution is 2.16. The first-order valence-corrected chi connectivity index (χ1v) is 7.44. The summed E-state index contributed by atoms with van der Waals surface area (Å²) >= 11 is 0. The van der Waals surface area contributed by atoms with Crippen LogP contribution in [0, 0.1) is 18.3 Å². The monoisotopic (exact) mass is 286 g/mol. The maximum Gasteiger partial charge on any atom is 0.120 e. The molecule has 22 heavy (non-hydrogen) atoms. The molecule has 0 saturated carbocycles. The molecule has 2 heteroatoms. The first-order chi connectivity index (χ1) is 10.8. The fourth-order valence-electron chi connectivity index (χ4n) is 2.63. The number of nitriles is 1. The van der Waals surface area contributed by atoms with E-state index in [-0.39, 0.29) is 0 Å². The predicted octanol–water partition coefficient (Wildman–Crippen LogP) is 4.31. The molecule has 0 spiro atoms. The summed E-state index contributed by atoms with van der Waals surface area (Å²) in [6, 6.07) is 25.1. The van der Waals surface area contributed by atoms with Gasteiger partial charge < -0.3 is 4.57 Å². The Kier molecular flexibility index (Phi) is 4.07. The molecule has 0 aliphatic heterocycles. The smallest absolute Gasteiger partial charge is 0.120 e. The van der Waals surface area contributed by atoms with Gasteiger partial charge in [-0.25, -0.2) is 0 Å². The second-order valence-corrected chi connectivity index (χ2v) is 5.56. The molecule has 2 aromatic carbocycles. The Balaban J connectivity index is 1.90. The van der Waals surface area contributed by atoms with Crippen LogP contribution in [-0.4, -0.2) is 4.57 Å². The summed E-state index contributed by atoms with van der Waals surface area (Å²) in [6.45, 7) is 2.83. The standard InChI is InChI=1S/C20H18N2/c1-16-7-9-17(10-8-16)13-19-11-12-20(14-21)22(19)15-18-5-3-2-4-6-18/h2-12H,13,15H2,1H3. The summed E-state index contributed by atoms with van der Waals surface area (Å²) in [5.41, 5.74) is 5.62. The van der Waals surface area contributed by atoms with Crippen LogP contribution in [0.4, 0.5) is 0 Å². The summed E-state index contributed by atoms with van der Waals surface area (Å²) in [4.78, 5) is 0. The van der Waals surface area contributed by atoms with Crippen LogP contribution >= 0.6 is 0 Å². The van der Waals surface area contributed by atoms with Gasteiger partial charge >= 0.3 is 0 Å². The van der Waals surface area contributed by atoms with Crippen molar-refractivity contribution in [1.82, 2.24) is 4.57 Å². The Morgan fingerprint density at radius 1 is 0.864 bits per heavy atom. The molecule has 0 amide bonds. The summed E-state index contributed by atoms with van der Waals surface area (Å²) in [7, 11) is 0. The first-order valence-electron chi connectivity index (χ1n) is 7.44. The number of nitrogens with zero attached hydrogens (tertiary/aromatic N) is 2. The van der Waals surface area contributed by atoms with Crippen LogP contribution in [0.15, 0.2) is 66.7 Å². The maximum atomic E-state index is 9.34. The Hall–Kier alpha value is -2.79. The molecular formula is C20H18N2. The molecular weight excluding hydrogens is 268 g/mol. The van der Waals surface area contributed by atoms with E-state index in [1.165, 1.54) is 22.4 Å². The van der Waals surface area contributed by atoms with Crippen LogP contribution < -0.4 is 0 Å². The summed E-state index contributed by atoms with van der Waals surface area (Å²) in [5, 5.41) is 9.34. The van der Waals surface area contributed by atoms with E-state index < -0.39 is 0 Å². The lowest BCUT2D eigenvalue weighted by molar-refractivity contribution is 0.748. The van der Waals surface area contributed by atoms with Gasteiger partial charge in [-0.1, -0.05) is 60.2 Å². The quantitative estimate of drug-likeness (QED) is 0.702. The van der Waals surface area contributed by atoms with Crippen molar-refractivity contribution in [1.29, 1.82) is 5.26 Å². The van der Waals surface area contributed by atoms with E-state index in [1.807, 2.05) is 24.3 Å². The molecule has 2 nitrogen and oxygen atoms in total. The lowest BCUT2D eigenvalue weighted by atomic mass is 10.1. The number of hydrogen-bond acceptors (Lipinski definition) is 1. The molecule has 0 radical (unpaired) electrons. The Labute approximate surface area is 131 Å². The third-order valence-electron chi connectivity index (χ3n) is 3.87. The van der Waals surface area contributed by atoms with E-state index in [9.17, 15) is 5.26 Å². The third kappa shape index (κ3) is 3.10. The lowest BCUT2D eigenvalue weighted by Crippen LogP contribution is -2.07. The number of benzene rings is 2. The summed E-state index contributed by atoms with van der Waals surface area (Å²) < 4.78 is 2.11. The van der Waals surface area contributed by atoms with Crippen LogP contribution in [0.2, 0.25) is 0 Å². The second kappa shape index (κ2) is 6.32. The minimum absolute atomic E-state index is 0.714. The van der Waals surface area contributed by atoms with Gasteiger partial charge in [-0.3, -0.25) is 0 Å². The number of hydrogen-bond donors (Lipinski definition) is 0. The average molecular weight is 286 g/mol. The minimum Gasteiger partial charge on any atom is -0.332 e. The number of rotatable bonds is 4. The zero-order valence-electron chi connectivity index (χ0n) is 12.7. The second-order valence-electron chi connectivity index (χ2n) is 5.56. The van der Waals surface area contributed by atoms with E-state index in [0.717, 1.165) is 13.0 Å². The summed E-state index contributed by atoms with van der Waals surface area (Å²) in [5.74, 6) is 0. The van der Waals surface area contributed by atoms with Crippen LogP contribution in [0.1, 0.15) is 28.1 Å². The Bertz CT molecular complexity index is 790. The van der Waals surface area contributed by atoms with Crippen molar-refractivity contribution in [3.05, 3.63) is 94.8 Å². The van der Waals surface area contributed by atoms with Crippen LogP contribution in [0.3, 0.4) is 0 Å². The molecule has 3 aromatic rings. The van der Waals surface area contributed by atoms with Gasteiger partial charge in [0.05, 0.1) is 0 Å². The van der Waals surface area contributed by atoms with Gasteiger partial charge in [0.15, 0.2) is 0 Å².